The Hall–Kier alpha value is -2.44. The van der Waals surface area contributed by atoms with Crippen molar-refractivity contribution < 1.29 is 4.92 Å². The number of nitrogens with one attached hydrogen (secondary N) is 1. The van der Waals surface area contributed by atoms with Gasteiger partial charge in [-0.25, -0.2) is 4.98 Å². The lowest BCUT2D eigenvalue weighted by atomic mass is 10.3. The summed E-state index contributed by atoms with van der Waals surface area (Å²) in [6.07, 6.45) is 4.20. The zero-order chi connectivity index (χ0) is 13.4. The summed E-state index contributed by atoms with van der Waals surface area (Å²) >= 11 is 0. The first kappa shape index (κ1) is 11.6. The number of nitro groups is 1. The second kappa shape index (κ2) is 4.34. The van der Waals surface area contributed by atoms with E-state index in [1.54, 1.807) is 10.7 Å². The molecule has 1 aliphatic rings. The molecule has 0 amide bonds. The highest BCUT2D eigenvalue weighted by atomic mass is 16.6. The SMILES string of the molecule is Cn1ccc([C@@H]2C[C@H]2Nc2ccc([N+](=O)[O-])cn2)n1. The number of anilines is 1. The van der Waals surface area contributed by atoms with Crippen LogP contribution in [0, 0.1) is 10.1 Å². The van der Waals surface area contributed by atoms with Crippen LogP contribution in [0.15, 0.2) is 30.6 Å². The molecule has 7 nitrogen and oxygen atoms in total. The Labute approximate surface area is 109 Å². The second-order valence-corrected chi connectivity index (χ2v) is 4.67. The van der Waals surface area contributed by atoms with E-state index < -0.39 is 4.92 Å². The van der Waals surface area contributed by atoms with E-state index >= 15 is 0 Å². The van der Waals surface area contributed by atoms with Crippen molar-refractivity contribution in [2.24, 2.45) is 7.05 Å². The van der Waals surface area contributed by atoms with Crippen molar-refractivity contribution in [1.29, 1.82) is 0 Å². The predicted molar refractivity (Wildman–Crippen MR) is 68.9 cm³/mol. The molecule has 0 bridgehead atoms. The van der Waals surface area contributed by atoms with Gasteiger partial charge in [0, 0.05) is 31.3 Å². The third kappa shape index (κ3) is 2.40. The average molecular weight is 259 g/mol. The lowest BCUT2D eigenvalue weighted by Crippen LogP contribution is -2.06. The van der Waals surface area contributed by atoms with Crippen molar-refractivity contribution in [2.45, 2.75) is 18.4 Å². The monoisotopic (exact) mass is 259 g/mol. The van der Waals surface area contributed by atoms with Gasteiger partial charge in [-0.3, -0.25) is 14.8 Å². The molecule has 1 saturated carbocycles. The molecule has 0 aromatic carbocycles. The van der Waals surface area contributed by atoms with E-state index in [9.17, 15) is 10.1 Å². The molecule has 0 spiro atoms. The van der Waals surface area contributed by atoms with Gasteiger partial charge < -0.3 is 5.32 Å². The summed E-state index contributed by atoms with van der Waals surface area (Å²) in [7, 11) is 1.90. The van der Waals surface area contributed by atoms with Gasteiger partial charge in [-0.1, -0.05) is 0 Å². The maximum Gasteiger partial charge on any atom is 0.287 e. The third-order valence-electron chi connectivity index (χ3n) is 3.20. The Bertz CT molecular complexity index is 607. The number of hydrogen-bond acceptors (Lipinski definition) is 5. The molecule has 0 radical (unpaired) electrons. The molecular formula is C12H13N5O2. The number of aromatic nitrogens is 3. The molecule has 2 atom stereocenters. The van der Waals surface area contributed by atoms with Crippen LogP contribution in [-0.2, 0) is 7.05 Å². The first-order valence-corrected chi connectivity index (χ1v) is 6.00. The number of aryl methyl sites for hydroxylation is 1. The molecule has 2 heterocycles. The number of pyridine rings is 1. The van der Waals surface area contributed by atoms with Crippen LogP contribution < -0.4 is 5.32 Å². The maximum atomic E-state index is 10.5. The average Bonchev–Trinajstić information content (AvgIpc) is 3.01. The molecule has 7 heteroatoms. The van der Waals surface area contributed by atoms with Gasteiger partial charge in [0.1, 0.15) is 12.0 Å². The highest BCUT2D eigenvalue weighted by molar-refractivity contribution is 5.43. The fraction of sp³-hybridized carbons (Fsp3) is 0.333. The first-order valence-electron chi connectivity index (χ1n) is 6.00. The van der Waals surface area contributed by atoms with Gasteiger partial charge in [0.15, 0.2) is 0 Å². The minimum atomic E-state index is -0.454. The fourth-order valence-corrected chi connectivity index (χ4v) is 2.08. The quantitative estimate of drug-likeness (QED) is 0.667. The summed E-state index contributed by atoms with van der Waals surface area (Å²) in [5.74, 6) is 1.06. The van der Waals surface area contributed by atoms with E-state index in [-0.39, 0.29) is 5.69 Å². The highest BCUT2D eigenvalue weighted by Gasteiger charge is 2.40. The third-order valence-corrected chi connectivity index (χ3v) is 3.20. The molecule has 2 aromatic rings. The summed E-state index contributed by atoms with van der Waals surface area (Å²) in [5, 5.41) is 18.1. The molecule has 1 N–H and O–H groups in total. The molecule has 2 aromatic heterocycles. The first-order chi connectivity index (χ1) is 9.13. The van der Waals surface area contributed by atoms with Crippen LogP contribution in [-0.4, -0.2) is 25.7 Å². The van der Waals surface area contributed by atoms with Crippen molar-refractivity contribution >= 4 is 11.5 Å². The van der Waals surface area contributed by atoms with Gasteiger partial charge in [-0.2, -0.15) is 5.10 Å². The van der Waals surface area contributed by atoms with Crippen molar-refractivity contribution in [1.82, 2.24) is 14.8 Å². The van der Waals surface area contributed by atoms with Crippen molar-refractivity contribution in [3.63, 3.8) is 0 Å². The van der Waals surface area contributed by atoms with E-state index in [4.69, 9.17) is 0 Å². The van der Waals surface area contributed by atoms with Gasteiger partial charge >= 0.3 is 0 Å². The summed E-state index contributed by atoms with van der Waals surface area (Å²) in [6, 6.07) is 5.40. The Morgan fingerprint density at radius 2 is 2.32 bits per heavy atom. The van der Waals surface area contributed by atoms with Crippen LogP contribution in [0.2, 0.25) is 0 Å². The van der Waals surface area contributed by atoms with E-state index in [0.717, 1.165) is 12.1 Å². The lowest BCUT2D eigenvalue weighted by molar-refractivity contribution is -0.385. The van der Waals surface area contributed by atoms with Crippen LogP contribution in [0.1, 0.15) is 18.0 Å². The smallest absolute Gasteiger partial charge is 0.287 e. The van der Waals surface area contributed by atoms with Gasteiger partial charge in [0.25, 0.3) is 5.69 Å². The lowest BCUT2D eigenvalue weighted by Gasteiger charge is -2.03. The van der Waals surface area contributed by atoms with Crippen molar-refractivity contribution in [2.75, 3.05) is 5.32 Å². The van der Waals surface area contributed by atoms with Crippen LogP contribution in [0.4, 0.5) is 11.5 Å². The molecule has 1 aliphatic carbocycles. The van der Waals surface area contributed by atoms with Gasteiger partial charge in [0.2, 0.25) is 0 Å². The number of hydrogen-bond donors (Lipinski definition) is 1. The van der Waals surface area contributed by atoms with Crippen molar-refractivity contribution in [3.8, 4) is 0 Å². The second-order valence-electron chi connectivity index (χ2n) is 4.67. The van der Waals surface area contributed by atoms with Crippen molar-refractivity contribution in [3.05, 3.63) is 46.4 Å². The predicted octanol–water partition coefficient (Wildman–Crippen LogP) is 1.69. The topological polar surface area (TPSA) is 85.9 Å². The fourth-order valence-electron chi connectivity index (χ4n) is 2.08. The number of nitrogens with zero attached hydrogens (tertiary/aromatic N) is 4. The summed E-state index contributed by atoms with van der Waals surface area (Å²) in [6.45, 7) is 0. The van der Waals surface area contributed by atoms with E-state index in [1.165, 1.54) is 12.3 Å². The standard InChI is InChI=1S/C12H13N5O2/c1-16-5-4-10(15-16)9-6-11(9)14-12-3-2-8(7-13-12)17(18)19/h2-5,7,9,11H,6H2,1H3,(H,13,14)/t9-,11+/m0/s1. The molecule has 0 saturated heterocycles. The van der Waals surface area contributed by atoms with E-state index in [2.05, 4.69) is 15.4 Å². The summed E-state index contributed by atoms with van der Waals surface area (Å²) in [5.41, 5.74) is 1.07. The minimum Gasteiger partial charge on any atom is -0.367 e. The molecule has 0 aliphatic heterocycles. The van der Waals surface area contributed by atoms with Crippen LogP contribution in [0.3, 0.4) is 0 Å². The molecule has 1 fully saturated rings. The van der Waals surface area contributed by atoms with Crippen LogP contribution in [0.25, 0.3) is 0 Å². The summed E-state index contributed by atoms with van der Waals surface area (Å²) < 4.78 is 1.79. The molecule has 0 unspecified atom stereocenters. The normalized spacial score (nSPS) is 21.1. The Kier molecular flexibility index (Phi) is 2.66. The Balaban J connectivity index is 1.63. The Morgan fingerprint density at radius 3 is 2.89 bits per heavy atom. The summed E-state index contributed by atoms with van der Waals surface area (Å²) in [4.78, 5) is 14.1. The van der Waals surface area contributed by atoms with Gasteiger partial charge in [0.05, 0.1) is 10.6 Å². The highest BCUT2D eigenvalue weighted by Crippen LogP contribution is 2.41. The zero-order valence-corrected chi connectivity index (χ0v) is 10.4. The molecule has 3 rings (SSSR count). The maximum absolute atomic E-state index is 10.5. The van der Waals surface area contributed by atoms with Crippen LogP contribution >= 0.6 is 0 Å². The molecule has 19 heavy (non-hydrogen) atoms. The van der Waals surface area contributed by atoms with Crippen LogP contribution in [0.5, 0.6) is 0 Å². The van der Waals surface area contributed by atoms with Gasteiger partial charge in [-0.05, 0) is 18.6 Å². The van der Waals surface area contributed by atoms with Gasteiger partial charge in [-0.15, -0.1) is 0 Å². The molecule has 98 valence electrons. The van der Waals surface area contributed by atoms with E-state index in [0.29, 0.717) is 17.8 Å². The van der Waals surface area contributed by atoms with E-state index in [1.807, 2.05) is 19.3 Å². The largest absolute Gasteiger partial charge is 0.367 e. The molecular weight excluding hydrogens is 246 g/mol. The zero-order valence-electron chi connectivity index (χ0n) is 10.4. The Morgan fingerprint density at radius 1 is 1.47 bits per heavy atom. The minimum absolute atomic E-state index is 0.00243. The number of rotatable bonds is 4.